The lowest BCUT2D eigenvalue weighted by atomic mass is 10.3. The van der Waals surface area contributed by atoms with Crippen LogP contribution in [-0.4, -0.2) is 17.2 Å². The van der Waals surface area contributed by atoms with E-state index in [2.05, 4.69) is 34.3 Å². The highest BCUT2D eigenvalue weighted by Gasteiger charge is 2.18. The minimum atomic E-state index is 0.587. The van der Waals surface area contributed by atoms with Gasteiger partial charge in [-0.1, -0.05) is 23.9 Å². The van der Waals surface area contributed by atoms with Gasteiger partial charge < -0.3 is 5.73 Å². The fourth-order valence-electron chi connectivity index (χ4n) is 1.56. The van der Waals surface area contributed by atoms with Crippen molar-refractivity contribution in [2.24, 2.45) is 10.7 Å². The standard InChI is InChI=1S/C11H13N3S3/c1-16-10(12)13-11-14(6-7-15)8-4-2-3-5-9(8)17-11/h2-5,12,15H,6-7H2,1H3/p+1. The van der Waals surface area contributed by atoms with Crippen molar-refractivity contribution in [2.75, 3.05) is 12.0 Å². The molecule has 90 valence electrons. The van der Waals surface area contributed by atoms with E-state index in [1.54, 1.807) is 11.3 Å². The Bertz CT molecular complexity index is 548. The van der Waals surface area contributed by atoms with Crippen LogP contribution in [0.5, 0.6) is 0 Å². The maximum Gasteiger partial charge on any atom is 0.386 e. The van der Waals surface area contributed by atoms with Gasteiger partial charge in [-0.05, 0) is 34.7 Å². The normalized spacial score (nSPS) is 12.2. The third-order valence-corrected chi connectivity index (χ3v) is 4.10. The summed E-state index contributed by atoms with van der Waals surface area (Å²) in [4.78, 5) is 4.44. The number of aliphatic imine (C=N–C) groups is 1. The number of hydrogen-bond acceptors (Lipinski definition) is 4. The highest BCUT2D eigenvalue weighted by molar-refractivity contribution is 8.13. The second kappa shape index (κ2) is 5.75. The number of thiazole rings is 1. The van der Waals surface area contributed by atoms with E-state index in [0.717, 1.165) is 17.4 Å². The molecule has 0 amide bonds. The molecule has 0 saturated carbocycles. The van der Waals surface area contributed by atoms with E-state index in [1.807, 2.05) is 18.4 Å². The number of benzene rings is 1. The number of aromatic nitrogens is 1. The van der Waals surface area contributed by atoms with Crippen LogP contribution in [-0.2, 0) is 6.54 Å². The summed E-state index contributed by atoms with van der Waals surface area (Å²) in [5, 5.41) is 1.52. The number of thiol groups is 1. The molecule has 1 heterocycles. The van der Waals surface area contributed by atoms with E-state index >= 15 is 0 Å². The van der Waals surface area contributed by atoms with Crippen molar-refractivity contribution >= 4 is 56.2 Å². The van der Waals surface area contributed by atoms with Gasteiger partial charge in [0.15, 0.2) is 0 Å². The first-order chi connectivity index (χ1) is 8.26. The van der Waals surface area contributed by atoms with Gasteiger partial charge in [0.1, 0.15) is 12.1 Å². The van der Waals surface area contributed by atoms with E-state index in [-0.39, 0.29) is 0 Å². The Morgan fingerprint density at radius 1 is 1.53 bits per heavy atom. The molecule has 0 fully saturated rings. The molecule has 0 bridgehead atoms. The molecule has 2 aromatic rings. The highest BCUT2D eigenvalue weighted by atomic mass is 32.2. The van der Waals surface area contributed by atoms with Crippen LogP contribution in [0.1, 0.15) is 0 Å². The average Bonchev–Trinajstić information content (AvgIpc) is 2.68. The molecule has 1 aromatic carbocycles. The first-order valence-corrected chi connectivity index (χ1v) is 7.84. The number of para-hydroxylation sites is 1. The van der Waals surface area contributed by atoms with Gasteiger partial charge in [-0.2, -0.15) is 12.6 Å². The van der Waals surface area contributed by atoms with Crippen molar-refractivity contribution in [1.82, 2.24) is 0 Å². The number of nitrogens with two attached hydrogens (primary N) is 1. The molecule has 6 heteroatoms. The molecule has 0 unspecified atom stereocenters. The monoisotopic (exact) mass is 284 g/mol. The largest absolute Gasteiger partial charge is 0.386 e. The second-order valence-electron chi connectivity index (χ2n) is 3.38. The molecule has 2 N–H and O–H groups in total. The van der Waals surface area contributed by atoms with Crippen molar-refractivity contribution in [1.29, 1.82) is 0 Å². The summed E-state index contributed by atoms with van der Waals surface area (Å²) in [5.74, 6) is 0.785. The Morgan fingerprint density at radius 2 is 2.29 bits per heavy atom. The van der Waals surface area contributed by atoms with Crippen LogP contribution in [0, 0.1) is 0 Å². The molecule has 2 rings (SSSR count). The van der Waals surface area contributed by atoms with Gasteiger partial charge in [0.25, 0.3) is 5.17 Å². The molecule has 0 aliphatic rings. The van der Waals surface area contributed by atoms with Gasteiger partial charge >= 0.3 is 5.13 Å². The SMILES string of the molecule is CS/C(N)=N\c1sc2ccccc2[n+]1CCS. The molecule has 0 atom stereocenters. The van der Waals surface area contributed by atoms with Crippen LogP contribution in [0.25, 0.3) is 10.2 Å². The van der Waals surface area contributed by atoms with E-state index < -0.39 is 0 Å². The Labute approximate surface area is 114 Å². The average molecular weight is 284 g/mol. The number of thioether (sulfide) groups is 1. The Hall–Kier alpha value is -0.720. The van der Waals surface area contributed by atoms with Crippen LogP contribution in [0.2, 0.25) is 0 Å². The minimum Gasteiger partial charge on any atom is -0.357 e. The fourth-order valence-corrected chi connectivity index (χ4v) is 3.07. The zero-order valence-electron chi connectivity index (χ0n) is 9.46. The quantitative estimate of drug-likeness (QED) is 0.393. The van der Waals surface area contributed by atoms with Crippen LogP contribution in [0.4, 0.5) is 5.13 Å². The molecule has 0 aliphatic heterocycles. The third kappa shape index (κ3) is 2.75. The number of rotatable bonds is 3. The predicted octanol–water partition coefficient (Wildman–Crippen LogP) is 2.43. The van der Waals surface area contributed by atoms with Crippen molar-refractivity contribution < 1.29 is 4.57 Å². The first-order valence-electron chi connectivity index (χ1n) is 5.16. The summed E-state index contributed by atoms with van der Waals surface area (Å²) in [7, 11) is 0. The molecule has 1 aromatic heterocycles. The Kier molecular flexibility index (Phi) is 4.31. The Morgan fingerprint density at radius 3 is 3.00 bits per heavy atom. The molecule has 0 aliphatic carbocycles. The van der Waals surface area contributed by atoms with Gasteiger partial charge in [-0.3, -0.25) is 0 Å². The maximum absolute atomic E-state index is 5.78. The molecule has 17 heavy (non-hydrogen) atoms. The summed E-state index contributed by atoms with van der Waals surface area (Å²) in [6.07, 6.45) is 1.93. The van der Waals surface area contributed by atoms with Gasteiger partial charge in [0.2, 0.25) is 0 Å². The topological polar surface area (TPSA) is 42.3 Å². The van der Waals surface area contributed by atoms with Crippen molar-refractivity contribution in [3.05, 3.63) is 24.3 Å². The van der Waals surface area contributed by atoms with Gasteiger partial charge in [-0.25, -0.2) is 4.57 Å². The van der Waals surface area contributed by atoms with Gasteiger partial charge in [-0.15, -0.1) is 0 Å². The molecule has 3 nitrogen and oxygen atoms in total. The van der Waals surface area contributed by atoms with E-state index in [0.29, 0.717) is 5.17 Å². The molecular formula is C11H14N3S3+. The van der Waals surface area contributed by atoms with Crippen LogP contribution >= 0.6 is 35.7 Å². The third-order valence-electron chi connectivity index (χ3n) is 2.33. The minimum absolute atomic E-state index is 0.587. The number of aryl methyl sites for hydroxylation is 1. The second-order valence-corrected chi connectivity index (χ2v) is 5.66. The predicted molar refractivity (Wildman–Crippen MR) is 80.7 cm³/mol. The van der Waals surface area contributed by atoms with Crippen molar-refractivity contribution in [3.63, 3.8) is 0 Å². The summed E-state index contributed by atoms with van der Waals surface area (Å²) >= 11 is 7.41. The van der Waals surface area contributed by atoms with E-state index in [9.17, 15) is 0 Å². The van der Waals surface area contributed by atoms with Crippen LogP contribution in [0.3, 0.4) is 0 Å². The van der Waals surface area contributed by atoms with Gasteiger partial charge in [0, 0.05) is 5.75 Å². The lowest BCUT2D eigenvalue weighted by Gasteiger charge is -1.95. The number of nitrogens with zero attached hydrogens (tertiary/aromatic N) is 2. The molecular weight excluding hydrogens is 270 g/mol. The highest BCUT2D eigenvalue weighted by Crippen LogP contribution is 2.26. The lowest BCUT2D eigenvalue weighted by molar-refractivity contribution is -0.649. The summed E-state index contributed by atoms with van der Waals surface area (Å²) in [5.41, 5.74) is 6.97. The Balaban J connectivity index is 2.57. The summed E-state index contributed by atoms with van der Waals surface area (Å²) in [6.45, 7) is 0.841. The zero-order valence-corrected chi connectivity index (χ0v) is 12.0. The van der Waals surface area contributed by atoms with E-state index in [1.165, 1.54) is 22.0 Å². The summed E-state index contributed by atoms with van der Waals surface area (Å²) < 4.78 is 3.39. The number of amidine groups is 1. The molecule has 0 radical (unpaired) electrons. The first kappa shape index (κ1) is 12.7. The summed E-state index contributed by atoms with van der Waals surface area (Å²) in [6, 6.07) is 8.28. The number of hydrogen-bond donors (Lipinski definition) is 2. The van der Waals surface area contributed by atoms with Gasteiger partial charge in [0.05, 0.1) is 4.70 Å². The zero-order chi connectivity index (χ0) is 12.3. The maximum atomic E-state index is 5.78. The van der Waals surface area contributed by atoms with Crippen molar-refractivity contribution in [3.8, 4) is 0 Å². The number of fused-ring (bicyclic) bond motifs is 1. The molecule has 0 saturated heterocycles. The van der Waals surface area contributed by atoms with E-state index in [4.69, 9.17) is 5.73 Å². The van der Waals surface area contributed by atoms with Crippen molar-refractivity contribution in [2.45, 2.75) is 6.54 Å². The smallest absolute Gasteiger partial charge is 0.357 e. The lowest BCUT2D eigenvalue weighted by Crippen LogP contribution is -2.33. The fraction of sp³-hybridized carbons (Fsp3) is 0.273. The van der Waals surface area contributed by atoms with Crippen LogP contribution in [0.15, 0.2) is 29.3 Å². The molecule has 0 spiro atoms. The van der Waals surface area contributed by atoms with Crippen LogP contribution < -0.4 is 10.3 Å².